The van der Waals surface area contributed by atoms with Gasteiger partial charge >= 0.3 is 0 Å². The lowest BCUT2D eigenvalue weighted by Gasteiger charge is -2.32. The van der Waals surface area contributed by atoms with Crippen molar-refractivity contribution in [3.8, 4) is 5.75 Å². The van der Waals surface area contributed by atoms with Gasteiger partial charge in [-0.05, 0) is 43.2 Å². The number of carbonyl (C=O) groups is 1. The number of hydrogen-bond donors (Lipinski definition) is 0. The molecular formula is C15H19NO2. The van der Waals surface area contributed by atoms with Gasteiger partial charge in [-0.25, -0.2) is 0 Å². The molecule has 0 unspecified atom stereocenters. The number of amides is 1. The van der Waals surface area contributed by atoms with Crippen molar-refractivity contribution < 1.29 is 9.53 Å². The summed E-state index contributed by atoms with van der Waals surface area (Å²) < 4.78 is 5.50. The van der Waals surface area contributed by atoms with E-state index in [9.17, 15) is 4.79 Å². The van der Waals surface area contributed by atoms with Crippen LogP contribution in [0, 0.1) is 5.41 Å². The number of carbonyl (C=O) groups excluding carboxylic acids is 1. The summed E-state index contributed by atoms with van der Waals surface area (Å²) in [4.78, 5) is 14.0. The second kappa shape index (κ2) is 4.63. The smallest absolute Gasteiger partial charge is 0.260 e. The predicted octanol–water partition coefficient (Wildman–Crippen LogP) is 2.47. The Morgan fingerprint density at radius 1 is 1.11 bits per heavy atom. The van der Waals surface area contributed by atoms with Crippen molar-refractivity contribution in [3.63, 3.8) is 0 Å². The van der Waals surface area contributed by atoms with Crippen molar-refractivity contribution >= 4 is 5.91 Å². The van der Waals surface area contributed by atoms with Crippen LogP contribution in [0.4, 0.5) is 0 Å². The highest BCUT2D eigenvalue weighted by molar-refractivity contribution is 5.77. The summed E-state index contributed by atoms with van der Waals surface area (Å²) in [5.41, 5.74) is 0.622. The number of likely N-dealkylation sites (tertiary alicyclic amines) is 1. The first-order chi connectivity index (χ1) is 8.77. The summed E-state index contributed by atoms with van der Waals surface area (Å²) in [7, 11) is 0. The van der Waals surface area contributed by atoms with Crippen LogP contribution < -0.4 is 4.74 Å². The van der Waals surface area contributed by atoms with E-state index in [-0.39, 0.29) is 12.5 Å². The van der Waals surface area contributed by atoms with Crippen molar-refractivity contribution in [2.75, 3.05) is 19.7 Å². The Morgan fingerprint density at radius 2 is 1.78 bits per heavy atom. The Labute approximate surface area is 108 Å². The second-order valence-electron chi connectivity index (χ2n) is 5.48. The molecule has 2 fully saturated rings. The average Bonchev–Trinajstić information content (AvgIpc) is 3.17. The van der Waals surface area contributed by atoms with Crippen LogP contribution in [0.2, 0.25) is 0 Å². The minimum absolute atomic E-state index is 0.120. The SMILES string of the molecule is O=C(COc1ccccc1)N1CCC2(CC1)CC2. The molecule has 1 aromatic rings. The molecule has 0 aromatic heterocycles. The molecule has 0 atom stereocenters. The quantitative estimate of drug-likeness (QED) is 0.818. The molecule has 1 aromatic carbocycles. The third kappa shape index (κ3) is 2.50. The zero-order valence-corrected chi connectivity index (χ0v) is 10.6. The van der Waals surface area contributed by atoms with Crippen molar-refractivity contribution in [2.24, 2.45) is 5.41 Å². The van der Waals surface area contributed by atoms with E-state index in [0.717, 1.165) is 18.8 Å². The minimum atomic E-state index is 0.120. The van der Waals surface area contributed by atoms with Crippen LogP contribution in [-0.2, 0) is 4.79 Å². The minimum Gasteiger partial charge on any atom is -0.484 e. The normalized spacial score (nSPS) is 20.8. The summed E-state index contributed by atoms with van der Waals surface area (Å²) in [5.74, 6) is 0.885. The monoisotopic (exact) mass is 245 g/mol. The Balaban J connectivity index is 1.47. The summed E-state index contributed by atoms with van der Waals surface area (Å²) in [6.07, 6.45) is 5.11. The van der Waals surface area contributed by atoms with E-state index in [1.54, 1.807) is 0 Å². The van der Waals surface area contributed by atoms with E-state index in [4.69, 9.17) is 4.74 Å². The maximum atomic E-state index is 12.0. The molecule has 3 heteroatoms. The number of piperidine rings is 1. The molecule has 1 heterocycles. The molecule has 1 aliphatic carbocycles. The van der Waals surface area contributed by atoms with Crippen LogP contribution in [0.3, 0.4) is 0 Å². The number of rotatable bonds is 3. The topological polar surface area (TPSA) is 29.5 Å². The molecule has 1 spiro atoms. The van der Waals surface area contributed by atoms with Crippen molar-refractivity contribution in [1.29, 1.82) is 0 Å². The fourth-order valence-electron chi connectivity index (χ4n) is 2.66. The van der Waals surface area contributed by atoms with Crippen LogP contribution in [-0.4, -0.2) is 30.5 Å². The molecule has 2 aliphatic rings. The van der Waals surface area contributed by atoms with Crippen LogP contribution in [0.5, 0.6) is 5.75 Å². The second-order valence-corrected chi connectivity index (χ2v) is 5.48. The largest absolute Gasteiger partial charge is 0.484 e. The van der Waals surface area contributed by atoms with Gasteiger partial charge in [-0.2, -0.15) is 0 Å². The molecule has 0 N–H and O–H groups in total. The Hall–Kier alpha value is -1.51. The average molecular weight is 245 g/mol. The fourth-order valence-corrected chi connectivity index (χ4v) is 2.66. The molecular weight excluding hydrogens is 226 g/mol. The lowest BCUT2D eigenvalue weighted by Crippen LogP contribution is -2.41. The number of hydrogen-bond acceptors (Lipinski definition) is 2. The maximum Gasteiger partial charge on any atom is 0.260 e. The van der Waals surface area contributed by atoms with E-state index in [0.29, 0.717) is 5.41 Å². The summed E-state index contributed by atoms with van der Waals surface area (Å²) >= 11 is 0. The van der Waals surface area contributed by atoms with Gasteiger partial charge in [0.25, 0.3) is 5.91 Å². The number of ether oxygens (including phenoxy) is 1. The van der Waals surface area contributed by atoms with E-state index < -0.39 is 0 Å². The van der Waals surface area contributed by atoms with Gasteiger partial charge in [0, 0.05) is 13.1 Å². The molecule has 96 valence electrons. The summed E-state index contributed by atoms with van der Waals surface area (Å²) in [6, 6.07) is 9.52. The molecule has 0 radical (unpaired) electrons. The van der Waals surface area contributed by atoms with E-state index >= 15 is 0 Å². The molecule has 3 rings (SSSR count). The van der Waals surface area contributed by atoms with Crippen molar-refractivity contribution in [2.45, 2.75) is 25.7 Å². The molecule has 0 bridgehead atoms. The molecule has 18 heavy (non-hydrogen) atoms. The molecule has 1 aliphatic heterocycles. The third-order valence-electron chi connectivity index (χ3n) is 4.24. The predicted molar refractivity (Wildman–Crippen MR) is 69.4 cm³/mol. The van der Waals surface area contributed by atoms with Gasteiger partial charge in [-0.15, -0.1) is 0 Å². The number of nitrogens with zero attached hydrogens (tertiary/aromatic N) is 1. The molecule has 1 saturated heterocycles. The van der Waals surface area contributed by atoms with Crippen molar-refractivity contribution in [1.82, 2.24) is 4.90 Å². The highest BCUT2D eigenvalue weighted by Gasteiger charge is 2.44. The lowest BCUT2D eigenvalue weighted by molar-refractivity contribution is -0.134. The third-order valence-corrected chi connectivity index (χ3v) is 4.24. The highest BCUT2D eigenvalue weighted by Crippen LogP contribution is 2.53. The lowest BCUT2D eigenvalue weighted by atomic mass is 9.94. The van der Waals surface area contributed by atoms with Crippen LogP contribution in [0.15, 0.2) is 30.3 Å². The van der Waals surface area contributed by atoms with Crippen LogP contribution in [0.1, 0.15) is 25.7 Å². The van der Waals surface area contributed by atoms with Crippen LogP contribution >= 0.6 is 0 Å². The van der Waals surface area contributed by atoms with Crippen molar-refractivity contribution in [3.05, 3.63) is 30.3 Å². The van der Waals surface area contributed by atoms with Gasteiger partial charge in [0.05, 0.1) is 0 Å². The maximum absolute atomic E-state index is 12.0. The molecule has 3 nitrogen and oxygen atoms in total. The molecule has 1 amide bonds. The first-order valence-electron chi connectivity index (χ1n) is 6.73. The zero-order valence-electron chi connectivity index (χ0n) is 10.6. The summed E-state index contributed by atoms with van der Waals surface area (Å²) in [6.45, 7) is 1.99. The van der Waals surface area contributed by atoms with E-state index in [1.165, 1.54) is 25.7 Å². The Kier molecular flexibility index (Phi) is 2.98. The van der Waals surface area contributed by atoms with Gasteiger partial charge in [0.1, 0.15) is 5.75 Å². The standard InChI is InChI=1S/C15H19NO2/c17-14(12-18-13-4-2-1-3-5-13)16-10-8-15(6-7-15)9-11-16/h1-5H,6-12H2. The first-order valence-corrected chi connectivity index (χ1v) is 6.73. The molecule has 1 saturated carbocycles. The van der Waals surface area contributed by atoms with Gasteiger partial charge in [-0.3, -0.25) is 4.79 Å². The number of para-hydroxylation sites is 1. The zero-order chi connectivity index (χ0) is 12.4. The van der Waals surface area contributed by atoms with E-state index in [1.807, 2.05) is 35.2 Å². The fraction of sp³-hybridized carbons (Fsp3) is 0.533. The van der Waals surface area contributed by atoms with E-state index in [2.05, 4.69) is 0 Å². The Bertz CT molecular complexity index is 415. The van der Waals surface area contributed by atoms with Gasteiger partial charge in [-0.1, -0.05) is 18.2 Å². The van der Waals surface area contributed by atoms with Gasteiger partial charge < -0.3 is 9.64 Å². The first kappa shape index (κ1) is 11.6. The van der Waals surface area contributed by atoms with Gasteiger partial charge in [0.2, 0.25) is 0 Å². The summed E-state index contributed by atoms with van der Waals surface area (Å²) in [5, 5.41) is 0. The number of benzene rings is 1. The van der Waals surface area contributed by atoms with Crippen LogP contribution in [0.25, 0.3) is 0 Å². The van der Waals surface area contributed by atoms with Gasteiger partial charge in [0.15, 0.2) is 6.61 Å². The Morgan fingerprint density at radius 3 is 2.39 bits per heavy atom. The highest BCUT2D eigenvalue weighted by atomic mass is 16.5.